The number of aromatic nitrogens is 1. The lowest BCUT2D eigenvalue weighted by molar-refractivity contribution is -0.138. The summed E-state index contributed by atoms with van der Waals surface area (Å²) in [5.74, 6) is 0.0984. The molecule has 1 aromatic heterocycles. The predicted octanol–water partition coefficient (Wildman–Crippen LogP) is 2.33. The third-order valence-electron chi connectivity index (χ3n) is 5.19. The minimum Gasteiger partial charge on any atom is -0.480 e. The van der Waals surface area contributed by atoms with Crippen LogP contribution in [0.1, 0.15) is 49.9 Å². The van der Waals surface area contributed by atoms with E-state index >= 15 is 0 Å². The van der Waals surface area contributed by atoms with E-state index in [0.29, 0.717) is 18.7 Å². The first-order valence-electron chi connectivity index (χ1n) is 9.88. The minimum atomic E-state index is -0.815. The number of anilines is 1. The summed E-state index contributed by atoms with van der Waals surface area (Å²) in [5, 5.41) is 8.97. The van der Waals surface area contributed by atoms with Crippen LogP contribution in [-0.2, 0) is 4.79 Å². The highest BCUT2D eigenvalue weighted by molar-refractivity contribution is 5.94. The van der Waals surface area contributed by atoms with Gasteiger partial charge in [-0.05, 0) is 51.8 Å². The molecule has 0 bridgehead atoms. The van der Waals surface area contributed by atoms with Crippen molar-refractivity contribution in [3.8, 4) is 0 Å². The Bertz CT molecular complexity index is 620. The van der Waals surface area contributed by atoms with E-state index in [2.05, 4.69) is 23.7 Å². The number of hydrogen-bond donors (Lipinski definition) is 1. The van der Waals surface area contributed by atoms with Gasteiger partial charge in [0.15, 0.2) is 0 Å². The van der Waals surface area contributed by atoms with Crippen LogP contribution in [0.5, 0.6) is 0 Å². The van der Waals surface area contributed by atoms with Gasteiger partial charge in [-0.25, -0.2) is 4.98 Å². The van der Waals surface area contributed by atoms with Crippen LogP contribution in [-0.4, -0.2) is 77.6 Å². The Morgan fingerprint density at radius 2 is 2.04 bits per heavy atom. The Kier molecular flexibility index (Phi) is 8.03. The number of carbonyl (C=O) groups excluding carboxylic acids is 1. The zero-order valence-corrected chi connectivity index (χ0v) is 16.7. The van der Waals surface area contributed by atoms with Crippen LogP contribution in [0.2, 0.25) is 0 Å². The van der Waals surface area contributed by atoms with Gasteiger partial charge in [-0.1, -0.05) is 6.92 Å². The van der Waals surface area contributed by atoms with Crippen LogP contribution in [0.3, 0.4) is 0 Å². The first-order chi connectivity index (χ1) is 13.0. The SMILES string of the molecule is CCCN(CC)c1ccc(C(=O)N2CCCC(N(C)CC(=O)O)CC2)cn1. The Morgan fingerprint density at radius 3 is 2.63 bits per heavy atom. The second-order valence-corrected chi connectivity index (χ2v) is 7.17. The molecule has 1 amide bonds. The summed E-state index contributed by atoms with van der Waals surface area (Å²) in [6.45, 7) is 7.48. The third-order valence-corrected chi connectivity index (χ3v) is 5.19. The average Bonchev–Trinajstić information content (AvgIpc) is 2.91. The molecular weight excluding hydrogens is 344 g/mol. The molecule has 7 heteroatoms. The number of rotatable bonds is 8. The lowest BCUT2D eigenvalue weighted by atomic mass is 10.1. The zero-order valence-electron chi connectivity index (χ0n) is 16.7. The van der Waals surface area contributed by atoms with E-state index in [1.807, 2.05) is 29.0 Å². The van der Waals surface area contributed by atoms with E-state index < -0.39 is 5.97 Å². The second-order valence-electron chi connectivity index (χ2n) is 7.17. The molecule has 1 N–H and O–H groups in total. The third kappa shape index (κ3) is 5.92. The van der Waals surface area contributed by atoms with E-state index in [1.165, 1.54) is 0 Å². The van der Waals surface area contributed by atoms with Crippen molar-refractivity contribution in [3.05, 3.63) is 23.9 Å². The quantitative estimate of drug-likeness (QED) is 0.750. The molecule has 1 atom stereocenters. The van der Waals surface area contributed by atoms with Crippen LogP contribution < -0.4 is 4.90 Å². The summed E-state index contributed by atoms with van der Waals surface area (Å²) in [7, 11) is 1.84. The fourth-order valence-electron chi connectivity index (χ4n) is 3.65. The van der Waals surface area contributed by atoms with Gasteiger partial charge in [0.2, 0.25) is 0 Å². The molecule has 0 aliphatic carbocycles. The molecule has 7 nitrogen and oxygen atoms in total. The number of aliphatic carboxylic acids is 1. The number of likely N-dealkylation sites (N-methyl/N-ethyl adjacent to an activating group) is 1. The molecule has 27 heavy (non-hydrogen) atoms. The number of hydrogen-bond acceptors (Lipinski definition) is 5. The second kappa shape index (κ2) is 10.3. The molecule has 0 spiro atoms. The number of amides is 1. The zero-order chi connectivity index (χ0) is 19.8. The Balaban J connectivity index is 1.98. The summed E-state index contributed by atoms with van der Waals surface area (Å²) >= 11 is 0. The Hall–Kier alpha value is -2.15. The highest BCUT2D eigenvalue weighted by atomic mass is 16.4. The molecule has 1 aliphatic heterocycles. The van der Waals surface area contributed by atoms with E-state index in [0.717, 1.165) is 44.6 Å². The van der Waals surface area contributed by atoms with Gasteiger partial charge in [0, 0.05) is 38.4 Å². The van der Waals surface area contributed by atoms with Gasteiger partial charge in [0.25, 0.3) is 5.91 Å². The van der Waals surface area contributed by atoms with E-state index in [4.69, 9.17) is 5.11 Å². The molecule has 0 radical (unpaired) electrons. The first kappa shape index (κ1) is 21.2. The van der Waals surface area contributed by atoms with Crippen molar-refractivity contribution in [1.82, 2.24) is 14.8 Å². The number of pyridine rings is 1. The lowest BCUT2D eigenvalue weighted by Gasteiger charge is -2.25. The summed E-state index contributed by atoms with van der Waals surface area (Å²) in [5.41, 5.74) is 0.614. The van der Waals surface area contributed by atoms with Crippen molar-refractivity contribution < 1.29 is 14.7 Å². The van der Waals surface area contributed by atoms with E-state index in [1.54, 1.807) is 6.20 Å². The normalized spacial score (nSPS) is 17.6. The maximum Gasteiger partial charge on any atom is 0.317 e. The molecule has 1 aromatic rings. The Labute approximate surface area is 162 Å². The predicted molar refractivity (Wildman–Crippen MR) is 106 cm³/mol. The number of carboxylic acid groups (broad SMARTS) is 1. The largest absolute Gasteiger partial charge is 0.480 e. The minimum absolute atomic E-state index is 0.00845. The number of likely N-dealkylation sites (tertiary alicyclic amines) is 1. The molecule has 2 rings (SSSR count). The van der Waals surface area contributed by atoms with Gasteiger partial charge in [-0.3, -0.25) is 14.5 Å². The van der Waals surface area contributed by atoms with Crippen molar-refractivity contribution in [1.29, 1.82) is 0 Å². The van der Waals surface area contributed by atoms with Gasteiger partial charge >= 0.3 is 5.97 Å². The van der Waals surface area contributed by atoms with Crippen LogP contribution in [0.15, 0.2) is 18.3 Å². The van der Waals surface area contributed by atoms with Gasteiger partial charge in [0.05, 0.1) is 12.1 Å². The smallest absolute Gasteiger partial charge is 0.317 e. The molecule has 1 fully saturated rings. The highest BCUT2D eigenvalue weighted by Crippen LogP contribution is 2.18. The molecule has 1 aliphatic rings. The number of nitrogens with zero attached hydrogens (tertiary/aromatic N) is 4. The molecule has 2 heterocycles. The molecule has 150 valence electrons. The van der Waals surface area contributed by atoms with Crippen molar-refractivity contribution in [2.75, 3.05) is 44.7 Å². The molecule has 0 saturated carbocycles. The van der Waals surface area contributed by atoms with Crippen LogP contribution in [0.25, 0.3) is 0 Å². The summed E-state index contributed by atoms with van der Waals surface area (Å²) in [4.78, 5) is 34.2. The van der Waals surface area contributed by atoms with Crippen LogP contribution >= 0.6 is 0 Å². The van der Waals surface area contributed by atoms with Gasteiger partial charge < -0.3 is 14.9 Å². The molecule has 1 unspecified atom stereocenters. The van der Waals surface area contributed by atoms with Crippen molar-refractivity contribution in [2.24, 2.45) is 0 Å². The highest BCUT2D eigenvalue weighted by Gasteiger charge is 2.24. The van der Waals surface area contributed by atoms with Crippen molar-refractivity contribution >= 4 is 17.7 Å². The van der Waals surface area contributed by atoms with Gasteiger partial charge in [-0.15, -0.1) is 0 Å². The summed E-state index contributed by atoms with van der Waals surface area (Å²) in [6, 6.07) is 3.99. The fourth-order valence-corrected chi connectivity index (χ4v) is 3.65. The maximum absolute atomic E-state index is 12.8. The van der Waals surface area contributed by atoms with Gasteiger partial charge in [0.1, 0.15) is 5.82 Å². The molecular formula is C20H32N4O3. The summed E-state index contributed by atoms with van der Waals surface area (Å²) in [6.07, 6.45) is 5.32. The van der Waals surface area contributed by atoms with Crippen LogP contribution in [0.4, 0.5) is 5.82 Å². The molecule has 1 saturated heterocycles. The fraction of sp³-hybridized carbons (Fsp3) is 0.650. The average molecular weight is 377 g/mol. The monoisotopic (exact) mass is 376 g/mol. The number of carbonyl (C=O) groups is 2. The number of carboxylic acids is 1. The standard InChI is InChI=1S/C20H32N4O3/c1-4-11-23(5-2)18-9-8-16(14-21-18)20(27)24-12-6-7-17(10-13-24)22(3)15-19(25)26/h8-9,14,17H,4-7,10-13,15H2,1-3H3,(H,25,26). The molecule has 0 aromatic carbocycles. The van der Waals surface area contributed by atoms with E-state index in [9.17, 15) is 9.59 Å². The lowest BCUT2D eigenvalue weighted by Crippen LogP contribution is -2.37. The maximum atomic E-state index is 12.8. The van der Waals surface area contributed by atoms with Crippen LogP contribution in [0, 0.1) is 0 Å². The topological polar surface area (TPSA) is 77.0 Å². The van der Waals surface area contributed by atoms with Crippen molar-refractivity contribution in [2.45, 2.75) is 45.6 Å². The van der Waals surface area contributed by atoms with E-state index in [-0.39, 0.29) is 18.5 Å². The first-order valence-corrected chi connectivity index (χ1v) is 9.88. The van der Waals surface area contributed by atoms with Crippen molar-refractivity contribution in [3.63, 3.8) is 0 Å². The Morgan fingerprint density at radius 1 is 1.26 bits per heavy atom. The van der Waals surface area contributed by atoms with Gasteiger partial charge in [-0.2, -0.15) is 0 Å². The summed E-state index contributed by atoms with van der Waals surface area (Å²) < 4.78 is 0.